The van der Waals surface area contributed by atoms with Gasteiger partial charge in [-0.05, 0) is 6.07 Å². The van der Waals surface area contributed by atoms with E-state index in [0.29, 0.717) is 11.1 Å². The number of para-hydroxylation sites is 1. The van der Waals surface area contributed by atoms with Gasteiger partial charge in [0.25, 0.3) is 5.91 Å². The van der Waals surface area contributed by atoms with Gasteiger partial charge in [-0.15, -0.1) is 0 Å². The lowest BCUT2D eigenvalue weighted by Gasteiger charge is -2.03. The van der Waals surface area contributed by atoms with Crippen molar-refractivity contribution in [2.75, 3.05) is 7.11 Å². The smallest absolute Gasteiger partial charge is 0.316 e. The van der Waals surface area contributed by atoms with Crippen molar-refractivity contribution >= 4 is 16.8 Å². The van der Waals surface area contributed by atoms with Crippen molar-refractivity contribution in [2.45, 2.75) is 0 Å². The van der Waals surface area contributed by atoms with E-state index in [1.54, 1.807) is 24.4 Å². The van der Waals surface area contributed by atoms with Crippen molar-refractivity contribution in [2.24, 2.45) is 5.73 Å². The number of ether oxygens (including phenoxy) is 1. The summed E-state index contributed by atoms with van der Waals surface area (Å²) < 4.78 is 4.88. The lowest BCUT2D eigenvalue weighted by molar-refractivity contribution is 0.100. The molecule has 1 amide bonds. The molecule has 0 saturated heterocycles. The monoisotopic (exact) mass is 203 g/mol. The maximum absolute atomic E-state index is 11.1. The number of aromatic nitrogens is 2. The first kappa shape index (κ1) is 9.39. The molecule has 0 spiro atoms. The summed E-state index contributed by atoms with van der Waals surface area (Å²) in [5.74, 6) is -0.513. The number of primary amides is 1. The molecule has 0 bridgehead atoms. The molecule has 0 aliphatic carbocycles. The first-order valence-electron chi connectivity index (χ1n) is 4.32. The molecule has 76 valence electrons. The summed E-state index contributed by atoms with van der Waals surface area (Å²) in [6, 6.07) is 5.38. The minimum absolute atomic E-state index is 0.219. The second kappa shape index (κ2) is 3.53. The number of carbonyl (C=O) groups excluding carboxylic acids is 1. The van der Waals surface area contributed by atoms with Crippen LogP contribution in [-0.2, 0) is 0 Å². The fourth-order valence-electron chi connectivity index (χ4n) is 1.34. The van der Waals surface area contributed by atoms with Crippen LogP contribution in [0.15, 0.2) is 24.4 Å². The Bertz CT molecular complexity index is 525. The predicted octanol–water partition coefficient (Wildman–Crippen LogP) is 0.737. The highest BCUT2D eigenvalue weighted by Gasteiger charge is 2.08. The van der Waals surface area contributed by atoms with E-state index >= 15 is 0 Å². The average molecular weight is 203 g/mol. The summed E-state index contributed by atoms with van der Waals surface area (Å²) in [4.78, 5) is 19.2. The van der Waals surface area contributed by atoms with Crippen LogP contribution in [0.1, 0.15) is 10.4 Å². The molecule has 2 N–H and O–H groups in total. The fourth-order valence-corrected chi connectivity index (χ4v) is 1.34. The van der Waals surface area contributed by atoms with Crippen molar-refractivity contribution in [3.8, 4) is 6.01 Å². The molecule has 0 atom stereocenters. The molecule has 5 heteroatoms. The van der Waals surface area contributed by atoms with Crippen LogP contribution >= 0.6 is 0 Å². The Hall–Kier alpha value is -2.17. The van der Waals surface area contributed by atoms with E-state index in [4.69, 9.17) is 10.5 Å². The molecule has 1 aromatic carbocycles. The molecule has 0 fully saturated rings. The number of rotatable bonds is 2. The van der Waals surface area contributed by atoms with Gasteiger partial charge in [-0.2, -0.15) is 4.98 Å². The van der Waals surface area contributed by atoms with Crippen LogP contribution < -0.4 is 10.5 Å². The fraction of sp³-hybridized carbons (Fsp3) is 0.100. The van der Waals surface area contributed by atoms with E-state index in [1.807, 2.05) is 0 Å². The molecule has 0 unspecified atom stereocenters. The highest BCUT2D eigenvalue weighted by atomic mass is 16.5. The molecular weight excluding hydrogens is 194 g/mol. The molecule has 5 nitrogen and oxygen atoms in total. The molecule has 1 heterocycles. The third-order valence-corrected chi connectivity index (χ3v) is 2.04. The normalized spacial score (nSPS) is 10.2. The van der Waals surface area contributed by atoms with Gasteiger partial charge in [0.05, 0.1) is 18.2 Å². The molecule has 0 saturated carbocycles. The number of amides is 1. The van der Waals surface area contributed by atoms with Crippen LogP contribution in [0.4, 0.5) is 0 Å². The highest BCUT2D eigenvalue weighted by Crippen LogP contribution is 2.17. The Morgan fingerprint density at radius 1 is 1.47 bits per heavy atom. The number of fused-ring (bicyclic) bond motifs is 1. The number of methoxy groups -OCH3 is 1. The first-order valence-corrected chi connectivity index (χ1v) is 4.32. The van der Waals surface area contributed by atoms with E-state index in [0.717, 1.165) is 5.39 Å². The van der Waals surface area contributed by atoms with E-state index in [-0.39, 0.29) is 6.01 Å². The maximum Gasteiger partial charge on any atom is 0.316 e. The molecule has 2 rings (SSSR count). The van der Waals surface area contributed by atoms with Gasteiger partial charge in [0, 0.05) is 11.6 Å². The van der Waals surface area contributed by atoms with Gasteiger partial charge in [-0.25, -0.2) is 4.98 Å². The van der Waals surface area contributed by atoms with E-state index in [9.17, 15) is 4.79 Å². The van der Waals surface area contributed by atoms with E-state index < -0.39 is 5.91 Å². The Morgan fingerprint density at radius 2 is 2.27 bits per heavy atom. The maximum atomic E-state index is 11.1. The van der Waals surface area contributed by atoms with Crippen LogP contribution in [0.2, 0.25) is 0 Å². The van der Waals surface area contributed by atoms with Gasteiger partial charge in [-0.1, -0.05) is 12.1 Å². The van der Waals surface area contributed by atoms with E-state index in [2.05, 4.69) is 9.97 Å². The number of hydrogen-bond donors (Lipinski definition) is 1. The predicted molar refractivity (Wildman–Crippen MR) is 54.6 cm³/mol. The molecular formula is C10H9N3O2. The second-order valence-corrected chi connectivity index (χ2v) is 2.96. The van der Waals surface area contributed by atoms with Crippen molar-refractivity contribution in [1.82, 2.24) is 9.97 Å². The van der Waals surface area contributed by atoms with Crippen molar-refractivity contribution < 1.29 is 9.53 Å². The summed E-state index contributed by atoms with van der Waals surface area (Å²) >= 11 is 0. The van der Waals surface area contributed by atoms with Crippen LogP contribution in [0.5, 0.6) is 6.01 Å². The second-order valence-electron chi connectivity index (χ2n) is 2.96. The van der Waals surface area contributed by atoms with Crippen molar-refractivity contribution in [3.63, 3.8) is 0 Å². The van der Waals surface area contributed by atoms with Gasteiger partial charge in [-0.3, -0.25) is 4.79 Å². The van der Waals surface area contributed by atoms with Crippen LogP contribution in [0.3, 0.4) is 0 Å². The lowest BCUT2D eigenvalue weighted by atomic mass is 10.1. The van der Waals surface area contributed by atoms with Crippen LogP contribution in [-0.4, -0.2) is 23.0 Å². The van der Waals surface area contributed by atoms with Gasteiger partial charge >= 0.3 is 6.01 Å². The van der Waals surface area contributed by atoms with Gasteiger partial charge < -0.3 is 10.5 Å². The molecule has 0 aliphatic heterocycles. The molecule has 1 aromatic heterocycles. The zero-order chi connectivity index (χ0) is 10.8. The quantitative estimate of drug-likeness (QED) is 0.780. The van der Waals surface area contributed by atoms with Crippen LogP contribution in [0.25, 0.3) is 10.9 Å². The summed E-state index contributed by atoms with van der Waals surface area (Å²) in [7, 11) is 1.47. The van der Waals surface area contributed by atoms with Crippen molar-refractivity contribution in [1.29, 1.82) is 0 Å². The van der Waals surface area contributed by atoms with Gasteiger partial charge in [0.1, 0.15) is 0 Å². The highest BCUT2D eigenvalue weighted by molar-refractivity contribution is 6.04. The average Bonchev–Trinajstić information content (AvgIpc) is 2.27. The van der Waals surface area contributed by atoms with Crippen LogP contribution in [0, 0.1) is 0 Å². The SMILES string of the molecule is COc1ncc2cccc(C(N)=O)c2n1. The topological polar surface area (TPSA) is 78.1 Å². The molecule has 0 aliphatic rings. The van der Waals surface area contributed by atoms with Crippen molar-refractivity contribution in [3.05, 3.63) is 30.0 Å². The zero-order valence-electron chi connectivity index (χ0n) is 8.10. The Labute approximate surface area is 85.9 Å². The molecule has 15 heavy (non-hydrogen) atoms. The molecule has 2 aromatic rings. The Kier molecular flexibility index (Phi) is 2.21. The standard InChI is InChI=1S/C10H9N3O2/c1-15-10-12-5-6-3-2-4-7(9(11)14)8(6)13-10/h2-5H,1H3,(H2,11,14). The first-order chi connectivity index (χ1) is 7.22. The third kappa shape index (κ3) is 1.59. The summed E-state index contributed by atoms with van der Waals surface area (Å²) in [6.45, 7) is 0. The summed E-state index contributed by atoms with van der Waals surface area (Å²) in [5, 5.41) is 0.757. The summed E-state index contributed by atoms with van der Waals surface area (Å²) in [6.07, 6.45) is 1.59. The number of carbonyl (C=O) groups is 1. The number of nitrogens with zero attached hydrogens (tertiary/aromatic N) is 2. The van der Waals surface area contributed by atoms with E-state index in [1.165, 1.54) is 7.11 Å². The third-order valence-electron chi connectivity index (χ3n) is 2.04. The number of hydrogen-bond acceptors (Lipinski definition) is 4. The Balaban J connectivity index is 2.76. The van der Waals surface area contributed by atoms with Gasteiger partial charge in [0.15, 0.2) is 0 Å². The number of benzene rings is 1. The van der Waals surface area contributed by atoms with Gasteiger partial charge in [0.2, 0.25) is 0 Å². The zero-order valence-corrected chi connectivity index (χ0v) is 8.10. The largest absolute Gasteiger partial charge is 0.467 e. The minimum atomic E-state index is -0.513. The summed E-state index contributed by atoms with van der Waals surface area (Å²) in [5.41, 5.74) is 6.11. The Morgan fingerprint density at radius 3 is 2.93 bits per heavy atom. The number of nitrogens with two attached hydrogens (primary N) is 1. The lowest BCUT2D eigenvalue weighted by Crippen LogP contribution is -2.12. The minimum Gasteiger partial charge on any atom is -0.467 e. The molecule has 0 radical (unpaired) electrons.